The number of benzene rings is 1. The Labute approximate surface area is 252 Å². The molecule has 0 spiro atoms. The maximum atomic E-state index is 14.7. The van der Waals surface area contributed by atoms with E-state index in [2.05, 4.69) is 10.1 Å². The van der Waals surface area contributed by atoms with Crippen molar-refractivity contribution in [3.05, 3.63) is 71.1 Å². The molecular weight excluding hydrogens is 581 g/mol. The van der Waals surface area contributed by atoms with Crippen LogP contribution in [0.15, 0.2) is 48.9 Å². The van der Waals surface area contributed by atoms with E-state index in [1.807, 2.05) is 31.6 Å². The van der Waals surface area contributed by atoms with Gasteiger partial charge < -0.3 is 14.5 Å². The Balaban J connectivity index is 1.28. The molecule has 226 valence electrons. The van der Waals surface area contributed by atoms with Crippen LogP contribution in [-0.4, -0.2) is 62.1 Å². The molecule has 6 rings (SSSR count). The average molecular weight is 613 g/mol. The number of pyridine rings is 2. The van der Waals surface area contributed by atoms with Crippen LogP contribution in [0.3, 0.4) is 0 Å². The molecule has 12 heteroatoms. The number of hydrogen-bond donors (Lipinski definition) is 0. The highest BCUT2D eigenvalue weighted by atomic mass is 35.5. The largest absolute Gasteiger partial charge is 0.444 e. The van der Waals surface area contributed by atoms with Crippen molar-refractivity contribution >= 4 is 34.5 Å². The summed E-state index contributed by atoms with van der Waals surface area (Å²) in [4.78, 5) is 25.1. The Kier molecular flexibility index (Phi) is 7.70. The van der Waals surface area contributed by atoms with E-state index < -0.39 is 29.4 Å². The van der Waals surface area contributed by atoms with E-state index in [0.717, 1.165) is 23.8 Å². The second-order valence-corrected chi connectivity index (χ2v) is 12.5. The summed E-state index contributed by atoms with van der Waals surface area (Å²) in [5.74, 6) is -0.773. The zero-order chi connectivity index (χ0) is 30.5. The lowest BCUT2D eigenvalue weighted by molar-refractivity contribution is 0.0184. The van der Waals surface area contributed by atoms with E-state index in [9.17, 15) is 18.0 Å². The highest BCUT2D eigenvalue weighted by Crippen LogP contribution is 2.40. The number of carbonyl (C=O) groups is 1. The van der Waals surface area contributed by atoms with E-state index in [-0.39, 0.29) is 30.7 Å². The summed E-state index contributed by atoms with van der Waals surface area (Å²) in [6, 6.07) is 6.04. The van der Waals surface area contributed by atoms with Crippen molar-refractivity contribution in [2.75, 3.05) is 24.5 Å². The number of carbonyl (C=O) groups excluding carboxylic acids is 1. The van der Waals surface area contributed by atoms with Crippen molar-refractivity contribution in [2.24, 2.45) is 0 Å². The fourth-order valence-corrected chi connectivity index (χ4v) is 6.12. The molecule has 3 aromatic heterocycles. The van der Waals surface area contributed by atoms with Crippen molar-refractivity contribution in [3.63, 3.8) is 0 Å². The molecule has 2 fully saturated rings. The van der Waals surface area contributed by atoms with Gasteiger partial charge in [-0.05, 0) is 63.9 Å². The second-order valence-electron chi connectivity index (χ2n) is 12.1. The standard InChI is InChI=1S/C31H32ClF3N6O2/c1-31(2,3)43-30(42)39-10-8-21(9-11-39)41-16-18(14-37-41)28-23(32)15-36-25-6-7-27(38-29(25)28)40-17-20(34)13-26(40)22-12-19(33)4-5-24(22)35/h4-7,12,14-16,20-21,26H,8-11,13,17H2,1-3H3/t20-,26+/m0/s1. The first kappa shape index (κ1) is 29.2. The number of halogens is 4. The lowest BCUT2D eigenvalue weighted by Gasteiger charge is -2.33. The van der Waals surface area contributed by atoms with Crippen LogP contribution in [0.2, 0.25) is 5.02 Å². The van der Waals surface area contributed by atoms with Crippen LogP contribution in [-0.2, 0) is 4.74 Å². The minimum atomic E-state index is -1.23. The van der Waals surface area contributed by atoms with Crippen LogP contribution in [0.5, 0.6) is 0 Å². The Bertz CT molecular complexity index is 1670. The highest BCUT2D eigenvalue weighted by Gasteiger charge is 2.36. The highest BCUT2D eigenvalue weighted by molar-refractivity contribution is 6.34. The summed E-state index contributed by atoms with van der Waals surface area (Å²) in [5, 5.41) is 4.98. The molecule has 0 saturated carbocycles. The first-order valence-electron chi connectivity index (χ1n) is 14.3. The molecule has 1 amide bonds. The minimum absolute atomic E-state index is 0.0115. The van der Waals surface area contributed by atoms with Gasteiger partial charge in [-0.15, -0.1) is 0 Å². The SMILES string of the molecule is CC(C)(C)OC(=O)N1CCC(n2cc(-c3c(Cl)cnc4ccc(N5C[C@@H](F)C[C@@H]5c5cc(F)ccc5F)nc34)cn2)CC1. The molecule has 0 radical (unpaired) electrons. The van der Waals surface area contributed by atoms with Crippen LogP contribution in [0.25, 0.3) is 22.2 Å². The van der Waals surface area contributed by atoms with Crippen molar-refractivity contribution in [3.8, 4) is 11.1 Å². The number of alkyl halides is 1. The van der Waals surface area contributed by atoms with Gasteiger partial charge in [0.1, 0.15) is 34.7 Å². The van der Waals surface area contributed by atoms with Crippen LogP contribution < -0.4 is 4.90 Å². The first-order valence-corrected chi connectivity index (χ1v) is 14.7. The molecule has 4 aromatic rings. The number of amides is 1. The number of rotatable bonds is 4. The van der Waals surface area contributed by atoms with Gasteiger partial charge in [-0.1, -0.05) is 11.6 Å². The number of hydrogen-bond acceptors (Lipinski definition) is 6. The molecule has 0 N–H and O–H groups in total. The molecule has 1 aromatic carbocycles. The lowest BCUT2D eigenvalue weighted by Crippen LogP contribution is -2.42. The molecule has 0 bridgehead atoms. The van der Waals surface area contributed by atoms with Gasteiger partial charge in [0, 0.05) is 48.6 Å². The molecule has 43 heavy (non-hydrogen) atoms. The van der Waals surface area contributed by atoms with Gasteiger partial charge in [-0.3, -0.25) is 9.67 Å². The molecule has 2 saturated heterocycles. The van der Waals surface area contributed by atoms with Crippen LogP contribution >= 0.6 is 11.6 Å². The van der Waals surface area contributed by atoms with E-state index >= 15 is 0 Å². The normalized spacial score (nSPS) is 19.8. The van der Waals surface area contributed by atoms with Crippen molar-refractivity contribution in [2.45, 2.75) is 63.9 Å². The lowest BCUT2D eigenvalue weighted by atomic mass is 10.0. The third-order valence-corrected chi connectivity index (χ3v) is 8.18. The summed E-state index contributed by atoms with van der Waals surface area (Å²) in [7, 11) is 0. The smallest absolute Gasteiger partial charge is 0.410 e. The molecule has 0 aliphatic carbocycles. The topological polar surface area (TPSA) is 76.4 Å². The van der Waals surface area contributed by atoms with Crippen LogP contribution in [0, 0.1) is 11.6 Å². The average Bonchev–Trinajstić information content (AvgIpc) is 3.60. The van der Waals surface area contributed by atoms with Gasteiger partial charge in [-0.25, -0.2) is 22.9 Å². The summed E-state index contributed by atoms with van der Waals surface area (Å²) >= 11 is 6.67. The third-order valence-electron chi connectivity index (χ3n) is 7.89. The van der Waals surface area contributed by atoms with E-state index in [4.69, 9.17) is 21.3 Å². The number of ether oxygens (including phenoxy) is 1. The van der Waals surface area contributed by atoms with E-state index in [0.29, 0.717) is 53.4 Å². The van der Waals surface area contributed by atoms with E-state index in [1.54, 1.807) is 34.3 Å². The number of anilines is 1. The monoisotopic (exact) mass is 612 g/mol. The summed E-state index contributed by atoms with van der Waals surface area (Å²) < 4.78 is 50.8. The molecule has 5 heterocycles. The number of nitrogens with zero attached hydrogens (tertiary/aromatic N) is 6. The fourth-order valence-electron chi connectivity index (χ4n) is 5.88. The molecule has 2 atom stereocenters. The maximum Gasteiger partial charge on any atom is 0.410 e. The summed E-state index contributed by atoms with van der Waals surface area (Å²) in [5.41, 5.74) is 1.95. The predicted molar refractivity (Wildman–Crippen MR) is 158 cm³/mol. The Morgan fingerprint density at radius 3 is 2.60 bits per heavy atom. The molecular formula is C31H32ClF3N6O2. The first-order chi connectivity index (χ1) is 20.5. The van der Waals surface area contributed by atoms with E-state index in [1.165, 1.54) is 0 Å². The van der Waals surface area contributed by atoms with Gasteiger partial charge in [0.15, 0.2) is 0 Å². The van der Waals surface area contributed by atoms with Crippen LogP contribution in [0.1, 0.15) is 57.7 Å². The molecule has 8 nitrogen and oxygen atoms in total. The van der Waals surface area contributed by atoms with Gasteiger partial charge in [0.2, 0.25) is 0 Å². The summed E-state index contributed by atoms with van der Waals surface area (Å²) in [6.07, 6.45) is 5.06. The van der Waals surface area contributed by atoms with Gasteiger partial charge in [0.25, 0.3) is 0 Å². The van der Waals surface area contributed by atoms with Gasteiger partial charge >= 0.3 is 6.09 Å². The zero-order valence-electron chi connectivity index (χ0n) is 24.1. The quantitative estimate of drug-likeness (QED) is 0.241. The van der Waals surface area contributed by atoms with Crippen molar-refractivity contribution in [1.82, 2.24) is 24.6 Å². The second kappa shape index (κ2) is 11.3. The van der Waals surface area contributed by atoms with Crippen molar-refractivity contribution in [1.29, 1.82) is 0 Å². The zero-order valence-corrected chi connectivity index (χ0v) is 24.9. The molecule has 2 aliphatic rings. The fraction of sp³-hybridized carbons (Fsp3) is 0.419. The Hall–Kier alpha value is -3.86. The van der Waals surface area contributed by atoms with Gasteiger partial charge in [0.05, 0.1) is 35.4 Å². The Morgan fingerprint density at radius 1 is 1.09 bits per heavy atom. The number of likely N-dealkylation sites (tertiary alicyclic amines) is 1. The number of fused-ring (bicyclic) bond motifs is 1. The van der Waals surface area contributed by atoms with Crippen LogP contribution in [0.4, 0.5) is 23.8 Å². The maximum absolute atomic E-state index is 14.7. The third kappa shape index (κ3) is 6.00. The molecule has 2 aliphatic heterocycles. The minimum Gasteiger partial charge on any atom is -0.444 e. The number of piperidine rings is 1. The van der Waals surface area contributed by atoms with Gasteiger partial charge in [-0.2, -0.15) is 5.10 Å². The Morgan fingerprint density at radius 2 is 1.86 bits per heavy atom. The number of aromatic nitrogens is 4. The molecule has 0 unspecified atom stereocenters. The summed E-state index contributed by atoms with van der Waals surface area (Å²) in [6.45, 7) is 6.64. The van der Waals surface area contributed by atoms with Crippen molar-refractivity contribution < 1.29 is 22.7 Å². The predicted octanol–water partition coefficient (Wildman–Crippen LogP) is 7.29.